The summed E-state index contributed by atoms with van der Waals surface area (Å²) in [6.45, 7) is 1.55. The van der Waals surface area contributed by atoms with Crippen LogP contribution in [0, 0.1) is 17.5 Å². The molecule has 2 rings (SSSR count). The van der Waals surface area contributed by atoms with E-state index in [1.165, 1.54) is 6.92 Å². The predicted octanol–water partition coefficient (Wildman–Crippen LogP) is 3.87. The molecule has 0 unspecified atom stereocenters. The topological polar surface area (TPSA) is 83.9 Å². The summed E-state index contributed by atoms with van der Waals surface area (Å²) in [5.74, 6) is -4.70. The van der Waals surface area contributed by atoms with Crippen LogP contribution >= 0.6 is 11.6 Å². The second-order valence-electron chi connectivity index (χ2n) is 4.85. The number of rotatable bonds is 5. The van der Waals surface area contributed by atoms with E-state index in [9.17, 15) is 30.9 Å². The average molecular weight is 410 g/mol. The third kappa shape index (κ3) is 4.09. The zero-order valence-corrected chi connectivity index (χ0v) is 14.6. The van der Waals surface area contributed by atoms with Crippen LogP contribution in [0.15, 0.2) is 30.3 Å². The van der Waals surface area contributed by atoms with Gasteiger partial charge in [-0.1, -0.05) is 11.6 Å². The van der Waals surface area contributed by atoms with Gasteiger partial charge < -0.3 is 4.74 Å². The van der Waals surface area contributed by atoms with Gasteiger partial charge >= 0.3 is 16.3 Å². The summed E-state index contributed by atoms with van der Waals surface area (Å²) in [4.78, 5) is 11.6. The number of hydrogen-bond acceptors (Lipinski definition) is 4. The van der Waals surface area contributed by atoms with Gasteiger partial charge in [-0.2, -0.15) is 8.42 Å². The van der Waals surface area contributed by atoms with Crippen molar-refractivity contribution in [3.8, 4) is 0 Å². The maximum absolute atomic E-state index is 14.4. The van der Waals surface area contributed by atoms with E-state index < -0.39 is 50.1 Å². The first-order chi connectivity index (χ1) is 12.1. The lowest BCUT2D eigenvalue weighted by Gasteiger charge is -2.22. The lowest BCUT2D eigenvalue weighted by molar-refractivity contribution is 0.0526. The molecule has 0 atom stereocenters. The molecule has 2 aromatic rings. The van der Waals surface area contributed by atoms with Crippen molar-refractivity contribution in [3.63, 3.8) is 0 Å². The Morgan fingerprint density at radius 3 is 2.27 bits per heavy atom. The molecular weight excluding hydrogens is 399 g/mol. The van der Waals surface area contributed by atoms with Crippen LogP contribution in [0.5, 0.6) is 0 Å². The van der Waals surface area contributed by atoms with Crippen LogP contribution in [0.1, 0.15) is 17.3 Å². The Balaban J connectivity index is 2.64. The van der Waals surface area contributed by atoms with Gasteiger partial charge in [-0.05, 0) is 31.2 Å². The van der Waals surface area contributed by atoms with Crippen molar-refractivity contribution in [2.24, 2.45) is 0 Å². The van der Waals surface area contributed by atoms with Gasteiger partial charge in [0.05, 0.1) is 28.6 Å². The van der Waals surface area contributed by atoms with E-state index in [-0.39, 0.29) is 16.5 Å². The molecule has 0 saturated carbocycles. The fraction of sp³-hybridized carbons (Fsp3) is 0.133. The molecule has 2 aromatic carbocycles. The maximum atomic E-state index is 14.4. The zero-order valence-electron chi connectivity index (χ0n) is 13.0. The summed E-state index contributed by atoms with van der Waals surface area (Å²) >= 11 is 5.40. The zero-order chi connectivity index (χ0) is 19.6. The van der Waals surface area contributed by atoms with Crippen LogP contribution in [-0.4, -0.2) is 25.5 Å². The Bertz CT molecular complexity index is 968. The lowest BCUT2D eigenvalue weighted by atomic mass is 10.2. The van der Waals surface area contributed by atoms with Crippen molar-refractivity contribution in [2.45, 2.75) is 6.92 Å². The molecule has 0 aliphatic heterocycles. The summed E-state index contributed by atoms with van der Waals surface area (Å²) in [7, 11) is -5.26. The van der Waals surface area contributed by atoms with E-state index in [2.05, 4.69) is 4.74 Å². The second kappa shape index (κ2) is 7.52. The summed E-state index contributed by atoms with van der Waals surface area (Å²) < 4.78 is 79.3. The van der Waals surface area contributed by atoms with Crippen LogP contribution in [0.25, 0.3) is 0 Å². The van der Waals surface area contributed by atoms with Gasteiger partial charge in [-0.15, -0.1) is 0 Å². The fourth-order valence-electron chi connectivity index (χ4n) is 2.06. The Morgan fingerprint density at radius 1 is 1.12 bits per heavy atom. The first kappa shape index (κ1) is 20.0. The Hall–Kier alpha value is -2.30. The molecule has 0 saturated heterocycles. The molecule has 6 nitrogen and oxygen atoms in total. The Morgan fingerprint density at radius 2 is 1.73 bits per heavy atom. The van der Waals surface area contributed by atoms with Crippen LogP contribution in [0.4, 0.5) is 24.5 Å². The SMILES string of the molecule is CCOC(=O)c1ccc(N(c2cc(F)c(Cl)cc2F)S(=O)(=O)O)c(F)c1. The number of anilines is 2. The van der Waals surface area contributed by atoms with Gasteiger partial charge in [0.1, 0.15) is 17.5 Å². The Kier molecular flexibility index (Phi) is 5.79. The normalized spacial score (nSPS) is 11.3. The molecule has 0 aromatic heterocycles. The van der Waals surface area contributed by atoms with Gasteiger partial charge in [-0.25, -0.2) is 22.3 Å². The summed E-state index contributed by atoms with van der Waals surface area (Å²) in [6.07, 6.45) is 0. The molecule has 0 aliphatic rings. The van der Waals surface area contributed by atoms with E-state index in [1.54, 1.807) is 0 Å². The standard InChI is InChI=1S/C15H11ClF3NO5S/c1-2-25-15(21)8-3-4-13(11(18)5-8)20(26(22,23)24)14-7-10(17)9(16)6-12(14)19/h3-7H,2H2,1H3,(H,22,23,24). The minimum absolute atomic E-state index is 0.0224. The molecule has 11 heteroatoms. The third-order valence-electron chi connectivity index (χ3n) is 3.12. The number of benzene rings is 2. The monoisotopic (exact) mass is 409 g/mol. The molecule has 26 heavy (non-hydrogen) atoms. The van der Waals surface area contributed by atoms with Crippen molar-refractivity contribution in [1.82, 2.24) is 0 Å². The highest BCUT2D eigenvalue weighted by Crippen LogP contribution is 2.35. The molecule has 0 spiro atoms. The van der Waals surface area contributed by atoms with Crippen molar-refractivity contribution in [2.75, 3.05) is 10.9 Å². The fourth-order valence-corrected chi connectivity index (χ4v) is 2.99. The van der Waals surface area contributed by atoms with Gasteiger partial charge in [0.25, 0.3) is 0 Å². The van der Waals surface area contributed by atoms with E-state index in [0.29, 0.717) is 18.2 Å². The number of carbonyl (C=O) groups is 1. The minimum Gasteiger partial charge on any atom is -0.462 e. The first-order valence-electron chi connectivity index (χ1n) is 6.95. The van der Waals surface area contributed by atoms with Crippen molar-refractivity contribution < 1.29 is 35.7 Å². The van der Waals surface area contributed by atoms with E-state index >= 15 is 0 Å². The summed E-state index contributed by atoms with van der Waals surface area (Å²) in [5.41, 5.74) is -2.09. The Labute approximate surface area is 151 Å². The predicted molar refractivity (Wildman–Crippen MR) is 87.4 cm³/mol. The smallest absolute Gasteiger partial charge is 0.364 e. The summed E-state index contributed by atoms with van der Waals surface area (Å²) in [6, 6.07) is 3.27. The highest BCUT2D eigenvalue weighted by molar-refractivity contribution is 7.87. The third-order valence-corrected chi connectivity index (χ3v) is 4.26. The van der Waals surface area contributed by atoms with Gasteiger partial charge in [0.15, 0.2) is 0 Å². The molecule has 140 valence electrons. The van der Waals surface area contributed by atoms with Crippen LogP contribution in [0.2, 0.25) is 5.02 Å². The van der Waals surface area contributed by atoms with E-state index in [4.69, 9.17) is 11.6 Å². The maximum Gasteiger partial charge on any atom is 0.364 e. The van der Waals surface area contributed by atoms with Crippen LogP contribution in [0.3, 0.4) is 0 Å². The first-order valence-corrected chi connectivity index (χ1v) is 8.72. The average Bonchev–Trinajstić information content (AvgIpc) is 2.53. The van der Waals surface area contributed by atoms with E-state index in [0.717, 1.165) is 12.1 Å². The van der Waals surface area contributed by atoms with Gasteiger partial charge in [0, 0.05) is 6.07 Å². The number of halogens is 4. The van der Waals surface area contributed by atoms with Crippen molar-refractivity contribution in [3.05, 3.63) is 58.4 Å². The highest BCUT2D eigenvalue weighted by atomic mass is 35.5. The number of nitrogens with zero attached hydrogens (tertiary/aromatic N) is 1. The quantitative estimate of drug-likeness (QED) is 0.460. The molecule has 0 radical (unpaired) electrons. The van der Waals surface area contributed by atoms with Gasteiger partial charge in [0.2, 0.25) is 0 Å². The van der Waals surface area contributed by atoms with Crippen molar-refractivity contribution in [1.29, 1.82) is 0 Å². The number of ether oxygens (including phenoxy) is 1. The molecular formula is C15H11ClF3NO5S. The van der Waals surface area contributed by atoms with Crippen LogP contribution in [-0.2, 0) is 15.0 Å². The lowest BCUT2D eigenvalue weighted by Crippen LogP contribution is -2.27. The molecule has 0 aliphatic carbocycles. The number of esters is 1. The number of hydrogen-bond donors (Lipinski definition) is 1. The van der Waals surface area contributed by atoms with Gasteiger partial charge in [-0.3, -0.25) is 4.55 Å². The van der Waals surface area contributed by atoms with Crippen molar-refractivity contribution >= 4 is 39.2 Å². The van der Waals surface area contributed by atoms with E-state index in [1.807, 2.05) is 0 Å². The largest absolute Gasteiger partial charge is 0.462 e. The molecule has 1 N–H and O–H groups in total. The molecule has 0 amide bonds. The summed E-state index contributed by atoms with van der Waals surface area (Å²) in [5, 5.41) is -0.639. The highest BCUT2D eigenvalue weighted by Gasteiger charge is 2.29. The van der Waals surface area contributed by atoms with Crippen LogP contribution < -0.4 is 4.31 Å². The molecule has 0 bridgehead atoms. The second-order valence-corrected chi connectivity index (χ2v) is 6.51. The minimum atomic E-state index is -5.26. The number of carbonyl (C=O) groups excluding carboxylic acids is 1. The molecule has 0 fully saturated rings. The molecule has 0 heterocycles.